The van der Waals surface area contributed by atoms with Gasteiger partial charge in [-0.1, -0.05) is 187 Å². The van der Waals surface area contributed by atoms with Crippen LogP contribution in [0.4, 0.5) is 11.4 Å². The van der Waals surface area contributed by atoms with Crippen LogP contribution in [-0.2, 0) is 5.41 Å². The van der Waals surface area contributed by atoms with Crippen LogP contribution in [0.5, 0.6) is 0 Å². The quantitative estimate of drug-likeness (QED) is 0.192. The standard InChI is InChI=1S/C49H33NS2/c1-4-17-33(18-5-1)36-23-14-28-41-47(36)52-48-38(37-24-16-30-43(50-35-21-8-3-9-22-35)46(37)34-19-6-2-7-20-34)25-15-29-42(48)49(41)39-26-10-12-31-44(39)51-45-32-13-11-27-40(45)49/h1-32,50H. The van der Waals surface area contributed by atoms with Crippen LogP contribution in [0.25, 0.3) is 33.4 Å². The minimum absolute atomic E-state index is 0.512. The number of anilines is 2. The van der Waals surface area contributed by atoms with Crippen molar-refractivity contribution >= 4 is 34.9 Å². The zero-order valence-corrected chi connectivity index (χ0v) is 29.9. The van der Waals surface area contributed by atoms with E-state index < -0.39 is 5.41 Å². The van der Waals surface area contributed by atoms with Gasteiger partial charge < -0.3 is 5.32 Å². The highest BCUT2D eigenvalue weighted by Crippen LogP contribution is 2.64. The van der Waals surface area contributed by atoms with Crippen LogP contribution in [0, 0.1) is 0 Å². The lowest BCUT2D eigenvalue weighted by Crippen LogP contribution is -2.37. The third-order valence-electron chi connectivity index (χ3n) is 10.4. The van der Waals surface area contributed by atoms with Crippen LogP contribution in [0.1, 0.15) is 22.3 Å². The maximum atomic E-state index is 3.78. The number of nitrogens with one attached hydrogen (secondary N) is 1. The summed E-state index contributed by atoms with van der Waals surface area (Å²) in [6.07, 6.45) is 0. The van der Waals surface area contributed by atoms with Gasteiger partial charge in [0.15, 0.2) is 0 Å². The zero-order chi connectivity index (χ0) is 34.5. The fourth-order valence-corrected chi connectivity index (χ4v) is 10.9. The van der Waals surface area contributed by atoms with Crippen LogP contribution in [0.3, 0.4) is 0 Å². The number of fused-ring (bicyclic) bond motifs is 8. The molecule has 0 bridgehead atoms. The van der Waals surface area contributed by atoms with E-state index in [0.29, 0.717) is 0 Å². The van der Waals surface area contributed by atoms with Crippen LogP contribution in [-0.4, -0.2) is 0 Å². The maximum Gasteiger partial charge on any atom is 0.0745 e. The summed E-state index contributed by atoms with van der Waals surface area (Å²) in [5.74, 6) is 0. The Hall–Kier alpha value is -5.74. The monoisotopic (exact) mass is 699 g/mol. The Morgan fingerprint density at radius 2 is 0.827 bits per heavy atom. The van der Waals surface area contributed by atoms with Crippen molar-refractivity contribution in [3.8, 4) is 33.4 Å². The molecule has 0 saturated carbocycles. The molecule has 0 atom stereocenters. The summed E-state index contributed by atoms with van der Waals surface area (Å²) < 4.78 is 0. The molecule has 3 heteroatoms. The summed E-state index contributed by atoms with van der Waals surface area (Å²) >= 11 is 3.82. The molecule has 0 saturated heterocycles. The van der Waals surface area contributed by atoms with Crippen LogP contribution in [0.15, 0.2) is 214 Å². The summed E-state index contributed by atoms with van der Waals surface area (Å²) in [6, 6.07) is 71.0. The van der Waals surface area contributed by atoms with Gasteiger partial charge in [-0.2, -0.15) is 0 Å². The van der Waals surface area contributed by atoms with Crippen molar-refractivity contribution < 1.29 is 0 Å². The number of para-hydroxylation sites is 1. The molecule has 52 heavy (non-hydrogen) atoms. The first-order valence-electron chi connectivity index (χ1n) is 17.7. The first-order valence-corrected chi connectivity index (χ1v) is 19.3. The number of benzene rings is 8. The Balaban J connectivity index is 1.31. The third-order valence-corrected chi connectivity index (χ3v) is 12.8. The van der Waals surface area contributed by atoms with Crippen molar-refractivity contribution in [2.45, 2.75) is 25.0 Å². The van der Waals surface area contributed by atoms with E-state index in [4.69, 9.17) is 0 Å². The van der Waals surface area contributed by atoms with E-state index >= 15 is 0 Å². The predicted molar refractivity (Wildman–Crippen MR) is 219 cm³/mol. The minimum Gasteiger partial charge on any atom is -0.355 e. The van der Waals surface area contributed by atoms with E-state index in [1.54, 1.807) is 0 Å². The van der Waals surface area contributed by atoms with Gasteiger partial charge in [0.05, 0.1) is 5.41 Å². The molecule has 2 heterocycles. The second kappa shape index (κ2) is 12.8. The molecule has 8 aromatic rings. The largest absolute Gasteiger partial charge is 0.355 e. The lowest BCUT2D eigenvalue weighted by atomic mass is 9.63. The van der Waals surface area contributed by atoms with Crippen LogP contribution < -0.4 is 5.32 Å². The van der Waals surface area contributed by atoms with Gasteiger partial charge in [-0.3, -0.25) is 0 Å². The predicted octanol–water partition coefficient (Wildman–Crippen LogP) is 13.7. The molecule has 0 radical (unpaired) electrons. The smallest absolute Gasteiger partial charge is 0.0745 e. The van der Waals surface area contributed by atoms with Gasteiger partial charge in [0, 0.05) is 36.5 Å². The highest BCUT2D eigenvalue weighted by Gasteiger charge is 2.49. The van der Waals surface area contributed by atoms with E-state index in [2.05, 4.69) is 199 Å². The molecule has 2 aliphatic rings. The molecule has 0 aliphatic carbocycles. The summed E-state index contributed by atoms with van der Waals surface area (Å²) in [6.45, 7) is 0. The average Bonchev–Trinajstić information content (AvgIpc) is 3.21. The van der Waals surface area contributed by atoms with E-state index in [0.717, 1.165) is 11.4 Å². The molecule has 1 spiro atoms. The summed E-state index contributed by atoms with van der Waals surface area (Å²) in [7, 11) is 0. The fourth-order valence-electron chi connectivity index (χ4n) is 8.24. The van der Waals surface area contributed by atoms with E-state index in [-0.39, 0.29) is 0 Å². The Bertz CT molecular complexity index is 2550. The van der Waals surface area contributed by atoms with E-state index in [1.165, 1.54) is 75.2 Å². The van der Waals surface area contributed by atoms with Gasteiger partial charge in [0.2, 0.25) is 0 Å². The first-order chi connectivity index (χ1) is 25.8. The first kappa shape index (κ1) is 31.0. The van der Waals surface area contributed by atoms with Crippen molar-refractivity contribution in [3.05, 3.63) is 216 Å². The van der Waals surface area contributed by atoms with Crippen molar-refractivity contribution in [3.63, 3.8) is 0 Å². The maximum absolute atomic E-state index is 3.78. The van der Waals surface area contributed by atoms with Gasteiger partial charge in [0.1, 0.15) is 0 Å². The molecule has 0 fully saturated rings. The van der Waals surface area contributed by atoms with Gasteiger partial charge in [0.25, 0.3) is 0 Å². The Morgan fingerprint density at radius 3 is 1.48 bits per heavy atom. The number of hydrogen-bond donors (Lipinski definition) is 1. The Kier molecular flexibility index (Phi) is 7.63. The Morgan fingerprint density at radius 1 is 0.346 bits per heavy atom. The van der Waals surface area contributed by atoms with Crippen molar-refractivity contribution in [1.29, 1.82) is 0 Å². The molecule has 1 N–H and O–H groups in total. The molecule has 2 aliphatic heterocycles. The summed E-state index contributed by atoms with van der Waals surface area (Å²) in [4.78, 5) is 5.22. The van der Waals surface area contributed by atoms with E-state index in [1.807, 2.05) is 23.5 Å². The van der Waals surface area contributed by atoms with Crippen molar-refractivity contribution in [2.75, 3.05) is 5.32 Å². The van der Waals surface area contributed by atoms with Gasteiger partial charge in [-0.15, -0.1) is 0 Å². The average molecular weight is 700 g/mol. The number of hydrogen-bond acceptors (Lipinski definition) is 3. The summed E-state index contributed by atoms with van der Waals surface area (Å²) in [5, 5.41) is 3.78. The Labute approximate surface area is 313 Å². The lowest BCUT2D eigenvalue weighted by Gasteiger charge is -2.46. The molecule has 0 aromatic heterocycles. The molecular formula is C49H33NS2. The molecule has 246 valence electrons. The second-order valence-electron chi connectivity index (χ2n) is 13.3. The highest BCUT2D eigenvalue weighted by molar-refractivity contribution is 8.00. The molecular weight excluding hydrogens is 667 g/mol. The summed E-state index contributed by atoms with van der Waals surface area (Å²) in [5.41, 5.74) is 14.3. The van der Waals surface area contributed by atoms with Gasteiger partial charge in [-0.25, -0.2) is 0 Å². The van der Waals surface area contributed by atoms with E-state index in [9.17, 15) is 0 Å². The highest BCUT2D eigenvalue weighted by atomic mass is 32.2. The van der Waals surface area contributed by atoms with Gasteiger partial charge >= 0.3 is 0 Å². The lowest BCUT2D eigenvalue weighted by molar-refractivity contribution is 0.668. The SMILES string of the molecule is c1ccc(Nc2cccc(-c3cccc4c3Sc3c(-c5ccccc5)cccc3C43c4ccccc4Sc4ccccc43)c2-c2ccccc2)cc1. The molecule has 1 nitrogen and oxygen atoms in total. The van der Waals surface area contributed by atoms with Crippen molar-refractivity contribution in [2.24, 2.45) is 0 Å². The zero-order valence-electron chi connectivity index (χ0n) is 28.3. The molecule has 0 amide bonds. The third kappa shape index (κ3) is 4.88. The molecule has 0 unspecified atom stereocenters. The topological polar surface area (TPSA) is 12.0 Å². The molecule has 8 aromatic carbocycles. The fraction of sp³-hybridized carbons (Fsp3) is 0.0204. The number of rotatable bonds is 5. The molecule has 10 rings (SSSR count). The van der Waals surface area contributed by atoms with Gasteiger partial charge in [-0.05, 0) is 80.4 Å². The second-order valence-corrected chi connectivity index (χ2v) is 15.4. The van der Waals surface area contributed by atoms with Crippen LogP contribution in [0.2, 0.25) is 0 Å². The minimum atomic E-state index is -0.512. The van der Waals surface area contributed by atoms with Crippen LogP contribution >= 0.6 is 23.5 Å². The normalized spacial score (nSPS) is 13.4. The van der Waals surface area contributed by atoms with Crippen molar-refractivity contribution in [1.82, 2.24) is 0 Å².